The quantitative estimate of drug-likeness (QED) is 0.292. The standard InChI is InChI=1S/C34H35FN4O3/c1-20-25-6-4-3-5-23(25)11-14-38(20)32(40)29-18-30(34(2)12-13-34)39-31(36-29)19-28(37-39)26-10-8-22(17-27(26)35)15-21-7-9-24(16-21)33(41)42/h3-6,8,10,17-21,24H,7,9,11-16H2,1-2H3,(H,41,42)/t20-,21?,24+/m1/s1. The van der Waals surface area contributed by atoms with Crippen molar-refractivity contribution in [2.75, 3.05) is 6.54 Å². The molecule has 2 aromatic carbocycles. The lowest BCUT2D eigenvalue weighted by Crippen LogP contribution is -2.39. The zero-order valence-electron chi connectivity index (χ0n) is 24.0. The first kappa shape index (κ1) is 26.8. The number of hydrogen-bond donors (Lipinski definition) is 1. The molecule has 3 aliphatic rings. The zero-order valence-corrected chi connectivity index (χ0v) is 24.0. The van der Waals surface area contributed by atoms with Crippen LogP contribution < -0.4 is 0 Å². The molecule has 3 heterocycles. The number of hydrogen-bond acceptors (Lipinski definition) is 4. The lowest BCUT2D eigenvalue weighted by atomic mass is 9.93. The molecule has 3 atom stereocenters. The van der Waals surface area contributed by atoms with Crippen molar-refractivity contribution in [3.63, 3.8) is 0 Å². The average molecular weight is 567 g/mol. The Kier molecular flexibility index (Phi) is 6.40. The fourth-order valence-electron chi connectivity index (χ4n) is 7.00. The molecule has 216 valence electrons. The summed E-state index contributed by atoms with van der Waals surface area (Å²) in [4.78, 5) is 31.9. The van der Waals surface area contributed by atoms with Crippen LogP contribution in [0.25, 0.3) is 16.9 Å². The van der Waals surface area contributed by atoms with Crippen LogP contribution in [0.15, 0.2) is 54.6 Å². The van der Waals surface area contributed by atoms with Crippen molar-refractivity contribution >= 4 is 17.5 Å². The van der Waals surface area contributed by atoms with Crippen molar-refractivity contribution in [2.24, 2.45) is 11.8 Å². The first-order valence-corrected chi connectivity index (χ1v) is 15.0. The monoisotopic (exact) mass is 566 g/mol. The maximum Gasteiger partial charge on any atom is 0.306 e. The lowest BCUT2D eigenvalue weighted by molar-refractivity contribution is -0.141. The Labute approximate surface area is 244 Å². The smallest absolute Gasteiger partial charge is 0.306 e. The minimum absolute atomic E-state index is 0.0484. The maximum absolute atomic E-state index is 15.5. The summed E-state index contributed by atoms with van der Waals surface area (Å²) in [6.45, 7) is 4.87. The van der Waals surface area contributed by atoms with E-state index in [1.54, 1.807) is 22.7 Å². The summed E-state index contributed by atoms with van der Waals surface area (Å²) in [5.41, 5.74) is 5.96. The van der Waals surface area contributed by atoms with Gasteiger partial charge in [-0.15, -0.1) is 0 Å². The predicted molar refractivity (Wildman–Crippen MR) is 157 cm³/mol. The molecule has 1 amide bonds. The molecule has 4 aromatic rings. The number of fused-ring (bicyclic) bond motifs is 2. The highest BCUT2D eigenvalue weighted by Crippen LogP contribution is 2.48. The van der Waals surface area contributed by atoms with Crippen LogP contribution in [0, 0.1) is 17.7 Å². The van der Waals surface area contributed by atoms with Gasteiger partial charge in [-0.05, 0) is 92.7 Å². The van der Waals surface area contributed by atoms with E-state index in [2.05, 4.69) is 26.0 Å². The topological polar surface area (TPSA) is 87.8 Å². The number of aromatic nitrogens is 3. The number of carboxylic acid groups (broad SMARTS) is 1. The Morgan fingerprint density at radius 1 is 1.10 bits per heavy atom. The number of benzene rings is 2. The van der Waals surface area contributed by atoms with E-state index in [9.17, 15) is 14.7 Å². The Balaban J connectivity index is 1.19. The van der Waals surface area contributed by atoms with Crippen LogP contribution >= 0.6 is 0 Å². The number of aliphatic carboxylic acids is 1. The molecule has 1 unspecified atom stereocenters. The first-order chi connectivity index (χ1) is 20.2. The summed E-state index contributed by atoms with van der Waals surface area (Å²) < 4.78 is 17.3. The van der Waals surface area contributed by atoms with E-state index >= 15 is 4.39 Å². The minimum Gasteiger partial charge on any atom is -0.481 e. The van der Waals surface area contributed by atoms with Crippen molar-refractivity contribution in [3.05, 3.63) is 88.5 Å². The third-order valence-corrected chi connectivity index (χ3v) is 9.84. The summed E-state index contributed by atoms with van der Waals surface area (Å²) in [5, 5.41) is 14.1. The highest BCUT2D eigenvalue weighted by molar-refractivity contribution is 5.93. The molecule has 2 fully saturated rings. The van der Waals surface area contributed by atoms with Crippen molar-refractivity contribution < 1.29 is 19.1 Å². The first-order valence-electron chi connectivity index (χ1n) is 15.0. The van der Waals surface area contributed by atoms with Crippen LogP contribution in [-0.2, 0) is 23.1 Å². The van der Waals surface area contributed by atoms with E-state index in [1.807, 2.05) is 29.2 Å². The predicted octanol–water partition coefficient (Wildman–Crippen LogP) is 6.39. The van der Waals surface area contributed by atoms with E-state index in [0.717, 1.165) is 36.9 Å². The second-order valence-corrected chi connectivity index (χ2v) is 12.7. The van der Waals surface area contributed by atoms with Crippen LogP contribution in [-0.4, -0.2) is 43.0 Å². The number of carbonyl (C=O) groups is 2. The summed E-state index contributed by atoms with van der Waals surface area (Å²) in [5.74, 6) is -1.23. The molecule has 0 bridgehead atoms. The van der Waals surface area contributed by atoms with Crippen LogP contribution in [0.5, 0.6) is 0 Å². The molecule has 8 heteroatoms. The van der Waals surface area contributed by atoms with Gasteiger partial charge in [0, 0.05) is 23.6 Å². The van der Waals surface area contributed by atoms with E-state index in [4.69, 9.17) is 10.1 Å². The van der Waals surface area contributed by atoms with Crippen molar-refractivity contribution in [1.82, 2.24) is 19.5 Å². The van der Waals surface area contributed by atoms with E-state index in [-0.39, 0.29) is 35.0 Å². The largest absolute Gasteiger partial charge is 0.481 e. The van der Waals surface area contributed by atoms with Gasteiger partial charge in [-0.3, -0.25) is 9.59 Å². The number of carboxylic acids is 1. The highest BCUT2D eigenvalue weighted by atomic mass is 19.1. The van der Waals surface area contributed by atoms with Gasteiger partial charge in [-0.25, -0.2) is 13.9 Å². The SMILES string of the molecule is C[C@@H]1c2ccccc2CCN1C(=O)c1cc(C2(C)CC2)n2nc(-c3ccc(CC4CC[C@H](C(=O)O)C4)cc3F)cc2n1. The van der Waals surface area contributed by atoms with Crippen LogP contribution in [0.3, 0.4) is 0 Å². The third kappa shape index (κ3) is 4.67. The number of amides is 1. The van der Waals surface area contributed by atoms with E-state index in [1.165, 1.54) is 11.1 Å². The Hall–Kier alpha value is -4.07. The molecule has 2 aliphatic carbocycles. The second-order valence-electron chi connectivity index (χ2n) is 12.7. The molecule has 7 rings (SSSR count). The summed E-state index contributed by atoms with van der Waals surface area (Å²) in [6, 6.07) is 17.1. The number of nitrogens with zero attached hydrogens (tertiary/aromatic N) is 4. The average Bonchev–Trinajstić information content (AvgIpc) is 3.35. The van der Waals surface area contributed by atoms with Crippen LogP contribution in [0.4, 0.5) is 4.39 Å². The molecule has 0 saturated heterocycles. The normalized spacial score (nSPS) is 22.7. The summed E-state index contributed by atoms with van der Waals surface area (Å²) in [6.07, 6.45) is 5.65. The van der Waals surface area contributed by atoms with Gasteiger partial charge in [-0.2, -0.15) is 5.10 Å². The highest BCUT2D eigenvalue weighted by Gasteiger charge is 2.42. The van der Waals surface area contributed by atoms with Gasteiger partial charge in [0.15, 0.2) is 5.65 Å². The van der Waals surface area contributed by atoms with Crippen molar-refractivity contribution in [2.45, 2.75) is 70.3 Å². The third-order valence-electron chi connectivity index (χ3n) is 9.84. The van der Waals surface area contributed by atoms with Crippen molar-refractivity contribution in [1.29, 1.82) is 0 Å². The lowest BCUT2D eigenvalue weighted by Gasteiger charge is -2.35. The summed E-state index contributed by atoms with van der Waals surface area (Å²) >= 11 is 0. The molecular weight excluding hydrogens is 531 g/mol. The van der Waals surface area contributed by atoms with E-state index < -0.39 is 5.97 Å². The fourth-order valence-corrected chi connectivity index (χ4v) is 7.00. The van der Waals surface area contributed by atoms with Gasteiger partial charge >= 0.3 is 5.97 Å². The van der Waals surface area contributed by atoms with Crippen LogP contribution in [0.2, 0.25) is 0 Å². The van der Waals surface area contributed by atoms with Gasteiger partial charge in [-0.1, -0.05) is 37.3 Å². The van der Waals surface area contributed by atoms with Crippen LogP contribution in [0.1, 0.15) is 84.9 Å². The molecule has 0 spiro atoms. The van der Waals surface area contributed by atoms with Gasteiger partial charge in [0.1, 0.15) is 11.5 Å². The molecule has 7 nitrogen and oxygen atoms in total. The minimum atomic E-state index is -0.737. The van der Waals surface area contributed by atoms with Crippen molar-refractivity contribution in [3.8, 4) is 11.3 Å². The Morgan fingerprint density at radius 2 is 1.90 bits per heavy atom. The van der Waals surface area contributed by atoms with E-state index in [0.29, 0.717) is 48.4 Å². The number of carbonyl (C=O) groups excluding carboxylic acids is 1. The van der Waals surface area contributed by atoms with Gasteiger partial charge in [0.05, 0.1) is 23.3 Å². The van der Waals surface area contributed by atoms with Gasteiger partial charge < -0.3 is 10.0 Å². The number of halogens is 1. The molecule has 42 heavy (non-hydrogen) atoms. The molecule has 1 aliphatic heterocycles. The maximum atomic E-state index is 15.5. The summed E-state index contributed by atoms with van der Waals surface area (Å²) in [7, 11) is 0. The second kappa shape index (κ2) is 10.0. The molecule has 2 aromatic heterocycles. The molecule has 0 radical (unpaired) electrons. The number of rotatable bonds is 6. The van der Waals surface area contributed by atoms with Gasteiger partial charge in [0.25, 0.3) is 5.91 Å². The molecular formula is C34H35FN4O3. The fraction of sp³-hybridized carbons (Fsp3) is 0.412. The molecule has 1 N–H and O–H groups in total. The molecule has 2 saturated carbocycles. The zero-order chi connectivity index (χ0) is 29.2. The Bertz CT molecular complexity index is 1730. The Morgan fingerprint density at radius 3 is 2.64 bits per heavy atom. The van der Waals surface area contributed by atoms with Gasteiger partial charge in [0.2, 0.25) is 0 Å².